The number of hydrogen-bond donors (Lipinski definition) is 0. The Hall–Kier alpha value is -2.49. The molecule has 0 N–H and O–H groups in total. The zero-order valence-electron chi connectivity index (χ0n) is 17.7. The molecule has 0 bridgehead atoms. The molecule has 1 aliphatic carbocycles. The van der Waals surface area contributed by atoms with E-state index in [1.54, 1.807) is 0 Å². The molecule has 32 heavy (non-hydrogen) atoms. The minimum atomic E-state index is -0.401. The van der Waals surface area contributed by atoms with E-state index in [4.69, 9.17) is 33.0 Å². The molecule has 0 aromatic heterocycles. The van der Waals surface area contributed by atoms with Crippen LogP contribution in [-0.2, 0) is 0 Å². The molecule has 1 unspecified atom stereocenters. The van der Waals surface area contributed by atoms with Crippen molar-refractivity contribution in [2.45, 2.75) is 49.8 Å². The number of rotatable bonds is 2. The van der Waals surface area contributed by atoms with E-state index >= 15 is 0 Å². The average molecular weight is 463 g/mol. The molecule has 3 aliphatic rings. The highest BCUT2D eigenvalue weighted by atomic mass is 35.5. The summed E-state index contributed by atoms with van der Waals surface area (Å²) in [7, 11) is 0. The van der Waals surface area contributed by atoms with E-state index < -0.39 is 5.72 Å². The molecule has 1 fully saturated rings. The van der Waals surface area contributed by atoms with E-state index in [-0.39, 0.29) is 6.04 Å². The summed E-state index contributed by atoms with van der Waals surface area (Å²) in [4.78, 5) is 0. The molecule has 1 atom stereocenters. The number of hydrazone groups is 1. The lowest BCUT2D eigenvalue weighted by atomic mass is 9.78. The highest BCUT2D eigenvalue weighted by Crippen LogP contribution is 2.53. The lowest BCUT2D eigenvalue weighted by molar-refractivity contribution is -0.142. The third-order valence-electron chi connectivity index (χ3n) is 7.20. The van der Waals surface area contributed by atoms with Crippen LogP contribution in [0.2, 0.25) is 10.0 Å². The first kappa shape index (κ1) is 20.1. The van der Waals surface area contributed by atoms with Crippen molar-refractivity contribution in [2.24, 2.45) is 5.10 Å². The van der Waals surface area contributed by atoms with E-state index in [0.29, 0.717) is 16.0 Å². The Kier molecular flexibility index (Phi) is 4.93. The van der Waals surface area contributed by atoms with Crippen LogP contribution in [0, 0.1) is 0 Å². The van der Waals surface area contributed by atoms with Crippen molar-refractivity contribution in [3.8, 4) is 5.75 Å². The van der Waals surface area contributed by atoms with Gasteiger partial charge in [-0.3, -0.25) is 0 Å². The molecule has 0 radical (unpaired) electrons. The largest absolute Gasteiger partial charge is 0.466 e. The van der Waals surface area contributed by atoms with E-state index in [9.17, 15) is 0 Å². The maximum atomic E-state index is 6.76. The maximum absolute atomic E-state index is 6.76. The number of halogens is 2. The van der Waals surface area contributed by atoms with Gasteiger partial charge in [-0.1, -0.05) is 77.8 Å². The van der Waals surface area contributed by atoms with Gasteiger partial charge in [0.05, 0.1) is 21.8 Å². The van der Waals surface area contributed by atoms with Crippen molar-refractivity contribution in [3.05, 3.63) is 99.5 Å². The van der Waals surface area contributed by atoms with Crippen molar-refractivity contribution in [2.75, 3.05) is 0 Å². The van der Waals surface area contributed by atoms with Gasteiger partial charge in [-0.2, -0.15) is 5.10 Å². The van der Waals surface area contributed by atoms with Crippen LogP contribution in [0.15, 0.2) is 77.9 Å². The van der Waals surface area contributed by atoms with E-state index in [1.807, 2.05) is 18.2 Å². The first-order valence-corrected chi connectivity index (χ1v) is 12.0. The van der Waals surface area contributed by atoms with Crippen LogP contribution >= 0.6 is 23.2 Å². The summed E-state index contributed by atoms with van der Waals surface area (Å²) in [5.74, 6) is 1.57. The van der Waals surface area contributed by atoms with Crippen molar-refractivity contribution < 1.29 is 4.74 Å². The van der Waals surface area contributed by atoms with Gasteiger partial charge in [0.25, 0.3) is 0 Å². The van der Waals surface area contributed by atoms with Gasteiger partial charge in [-0.15, -0.1) is 0 Å². The summed E-state index contributed by atoms with van der Waals surface area (Å²) in [6.45, 7) is 0. The van der Waals surface area contributed by atoms with Crippen LogP contribution in [0.3, 0.4) is 0 Å². The molecule has 2 heterocycles. The topological polar surface area (TPSA) is 24.8 Å². The number of ether oxygens (including phenoxy) is 1. The molecule has 3 nitrogen and oxygen atoms in total. The second-order valence-corrected chi connectivity index (χ2v) is 9.83. The fourth-order valence-corrected chi connectivity index (χ4v) is 5.84. The Labute approximate surface area is 198 Å². The summed E-state index contributed by atoms with van der Waals surface area (Å²) in [6.07, 6.45) is 4.92. The Morgan fingerprint density at radius 3 is 2.41 bits per heavy atom. The second-order valence-electron chi connectivity index (χ2n) is 9.01. The molecular formula is C27H24Cl2N2O. The fourth-order valence-electron chi connectivity index (χ4n) is 5.54. The molecule has 2 aliphatic heterocycles. The molecule has 0 saturated heterocycles. The summed E-state index contributed by atoms with van der Waals surface area (Å²) in [5.41, 5.74) is 4.30. The normalized spacial score (nSPS) is 26.3. The van der Waals surface area contributed by atoms with Crippen molar-refractivity contribution >= 4 is 28.9 Å². The lowest BCUT2D eigenvalue weighted by Gasteiger charge is -2.50. The predicted molar refractivity (Wildman–Crippen MR) is 130 cm³/mol. The fraction of sp³-hybridized carbons (Fsp3) is 0.296. The van der Waals surface area contributed by atoms with E-state index in [1.165, 1.54) is 11.1 Å². The molecule has 5 heteroatoms. The second kappa shape index (κ2) is 7.83. The molecule has 6 rings (SSSR count). The predicted octanol–water partition coefficient (Wildman–Crippen LogP) is 7.59. The number of benzene rings is 3. The van der Waals surface area contributed by atoms with Crippen molar-refractivity contribution in [1.29, 1.82) is 0 Å². The molecular weight excluding hydrogens is 439 g/mol. The molecule has 0 amide bonds. The number of nitrogens with zero attached hydrogens (tertiary/aromatic N) is 2. The van der Waals surface area contributed by atoms with Gasteiger partial charge in [0.2, 0.25) is 0 Å². The van der Waals surface area contributed by atoms with Gasteiger partial charge in [0.15, 0.2) is 5.72 Å². The Morgan fingerprint density at radius 2 is 1.62 bits per heavy atom. The Morgan fingerprint density at radius 1 is 0.875 bits per heavy atom. The molecule has 1 saturated carbocycles. The van der Waals surface area contributed by atoms with Gasteiger partial charge in [0.1, 0.15) is 5.75 Å². The van der Waals surface area contributed by atoms with Crippen LogP contribution in [0.5, 0.6) is 5.75 Å². The summed E-state index contributed by atoms with van der Waals surface area (Å²) in [6, 6.07) is 25.2. The quantitative estimate of drug-likeness (QED) is 0.391. The standard InChI is InChI=1S/C27H24Cl2N2O/c28-22-11-10-20(16-23(22)29)24-17-25-21-8-4-5-9-26(21)32-27(31(25)30-24)14-12-19(13-15-27)18-6-2-1-3-7-18/h1-11,16,19,25H,12-15,17H2. The highest BCUT2D eigenvalue weighted by molar-refractivity contribution is 6.42. The number of para-hydroxylation sites is 1. The first-order valence-electron chi connectivity index (χ1n) is 11.3. The SMILES string of the molecule is Clc1ccc(C2=NN3C(C2)c2ccccc2OC32CCC(c3ccccc3)CC2)cc1Cl. The van der Waals surface area contributed by atoms with Crippen LogP contribution in [0.1, 0.15) is 60.8 Å². The lowest BCUT2D eigenvalue weighted by Crippen LogP contribution is -2.55. The average Bonchev–Trinajstić information content (AvgIpc) is 3.29. The number of fused-ring (bicyclic) bond motifs is 4. The third kappa shape index (κ3) is 3.30. The zero-order chi connectivity index (χ0) is 21.7. The van der Waals surface area contributed by atoms with Crippen LogP contribution in [0.4, 0.5) is 0 Å². The first-order chi connectivity index (χ1) is 15.6. The minimum absolute atomic E-state index is 0.178. The minimum Gasteiger partial charge on any atom is -0.466 e. The van der Waals surface area contributed by atoms with Gasteiger partial charge >= 0.3 is 0 Å². The zero-order valence-corrected chi connectivity index (χ0v) is 19.2. The molecule has 3 aromatic rings. The smallest absolute Gasteiger partial charge is 0.198 e. The van der Waals surface area contributed by atoms with Crippen molar-refractivity contribution in [3.63, 3.8) is 0 Å². The van der Waals surface area contributed by atoms with Gasteiger partial charge < -0.3 is 4.74 Å². The van der Waals surface area contributed by atoms with Gasteiger partial charge in [0, 0.05) is 24.8 Å². The molecule has 1 spiro atoms. The maximum Gasteiger partial charge on any atom is 0.198 e. The summed E-state index contributed by atoms with van der Waals surface area (Å²) < 4.78 is 6.76. The summed E-state index contributed by atoms with van der Waals surface area (Å²) in [5, 5.41) is 8.53. The molecule has 3 aromatic carbocycles. The van der Waals surface area contributed by atoms with Crippen LogP contribution in [0.25, 0.3) is 0 Å². The van der Waals surface area contributed by atoms with Gasteiger partial charge in [-0.05, 0) is 48.1 Å². The van der Waals surface area contributed by atoms with E-state index in [0.717, 1.165) is 49.1 Å². The Balaban J connectivity index is 1.35. The molecule has 162 valence electrons. The monoisotopic (exact) mass is 462 g/mol. The summed E-state index contributed by atoms with van der Waals surface area (Å²) >= 11 is 12.5. The van der Waals surface area contributed by atoms with Crippen molar-refractivity contribution in [1.82, 2.24) is 5.01 Å². The van der Waals surface area contributed by atoms with Gasteiger partial charge in [-0.25, -0.2) is 5.01 Å². The van der Waals surface area contributed by atoms with Crippen LogP contribution < -0.4 is 4.74 Å². The van der Waals surface area contributed by atoms with Crippen LogP contribution in [-0.4, -0.2) is 16.4 Å². The highest BCUT2D eigenvalue weighted by Gasteiger charge is 2.52. The number of hydrogen-bond acceptors (Lipinski definition) is 3. The third-order valence-corrected chi connectivity index (χ3v) is 7.94. The van der Waals surface area contributed by atoms with E-state index in [2.05, 4.69) is 59.6 Å². The Bertz CT molecular complexity index is 1190.